The number of fused-ring (bicyclic) bond motifs is 7. The maximum Gasteiger partial charge on any atom is 0.0541 e. The zero-order valence-electron chi connectivity index (χ0n) is 29.9. The maximum atomic E-state index is 2.41. The molecule has 11 rings (SSSR count). The third-order valence-electron chi connectivity index (χ3n) is 11.0. The lowest BCUT2D eigenvalue weighted by atomic mass is 9.99. The zero-order valence-corrected chi connectivity index (χ0v) is 30.7. The van der Waals surface area contributed by atoms with Crippen LogP contribution >= 0.6 is 11.3 Å². The van der Waals surface area contributed by atoms with Crippen LogP contribution in [0.3, 0.4) is 0 Å². The molecule has 0 radical (unpaired) electrons. The highest BCUT2D eigenvalue weighted by molar-refractivity contribution is 7.25. The molecule has 0 aliphatic heterocycles. The van der Waals surface area contributed by atoms with Crippen molar-refractivity contribution in [2.45, 2.75) is 0 Å². The maximum absolute atomic E-state index is 2.41. The minimum absolute atomic E-state index is 1.09. The van der Waals surface area contributed by atoms with Crippen molar-refractivity contribution in [2.75, 3.05) is 4.90 Å². The van der Waals surface area contributed by atoms with Gasteiger partial charge < -0.3 is 9.47 Å². The van der Waals surface area contributed by atoms with Crippen LogP contribution in [0.4, 0.5) is 17.1 Å². The quantitative estimate of drug-likeness (QED) is 0.166. The number of benzene rings is 9. The number of hydrogen-bond acceptors (Lipinski definition) is 2. The van der Waals surface area contributed by atoms with E-state index in [0.29, 0.717) is 0 Å². The van der Waals surface area contributed by atoms with Gasteiger partial charge in [-0.25, -0.2) is 0 Å². The molecule has 0 saturated heterocycles. The van der Waals surface area contributed by atoms with Crippen LogP contribution < -0.4 is 4.90 Å². The smallest absolute Gasteiger partial charge is 0.0541 e. The summed E-state index contributed by atoms with van der Waals surface area (Å²) in [6.45, 7) is 0. The molecule has 11 aromatic rings. The molecule has 0 atom stereocenters. The molecule has 258 valence electrons. The number of hydrogen-bond donors (Lipinski definition) is 0. The predicted octanol–water partition coefficient (Wildman–Crippen LogP) is 15.1. The van der Waals surface area contributed by atoms with Crippen molar-refractivity contribution in [1.82, 2.24) is 4.57 Å². The van der Waals surface area contributed by atoms with Crippen molar-refractivity contribution in [3.05, 3.63) is 206 Å². The summed E-state index contributed by atoms with van der Waals surface area (Å²) in [4.78, 5) is 2.41. The highest BCUT2D eigenvalue weighted by atomic mass is 32.1. The van der Waals surface area contributed by atoms with Crippen molar-refractivity contribution >= 4 is 81.1 Å². The summed E-state index contributed by atoms with van der Waals surface area (Å²) < 4.78 is 5.01. The molecule has 3 heteroatoms. The highest BCUT2D eigenvalue weighted by Gasteiger charge is 2.19. The van der Waals surface area contributed by atoms with Gasteiger partial charge in [-0.1, -0.05) is 127 Å². The molecule has 9 aromatic carbocycles. The fourth-order valence-corrected chi connectivity index (χ4v) is 9.44. The Morgan fingerprint density at radius 1 is 0.364 bits per heavy atom. The molecule has 0 unspecified atom stereocenters. The van der Waals surface area contributed by atoms with Gasteiger partial charge in [-0.15, -0.1) is 11.3 Å². The first-order valence-corrected chi connectivity index (χ1v) is 19.6. The minimum Gasteiger partial charge on any atom is -0.310 e. The summed E-state index contributed by atoms with van der Waals surface area (Å²) in [5.41, 5.74) is 11.7. The molecule has 0 amide bonds. The van der Waals surface area contributed by atoms with E-state index in [1.165, 1.54) is 75.0 Å². The van der Waals surface area contributed by atoms with E-state index in [1.54, 1.807) is 0 Å². The number of rotatable bonds is 6. The predicted molar refractivity (Wildman–Crippen MR) is 237 cm³/mol. The van der Waals surface area contributed by atoms with Gasteiger partial charge in [0, 0.05) is 53.6 Å². The summed E-state index contributed by atoms with van der Waals surface area (Å²) in [6.07, 6.45) is 0. The van der Waals surface area contributed by atoms with E-state index in [1.807, 2.05) is 11.3 Å². The van der Waals surface area contributed by atoms with Crippen molar-refractivity contribution < 1.29 is 0 Å². The molecule has 0 aliphatic rings. The Hall–Kier alpha value is -6.94. The average molecular weight is 719 g/mol. The molecule has 0 aliphatic carbocycles. The molecule has 0 N–H and O–H groups in total. The van der Waals surface area contributed by atoms with Gasteiger partial charge in [0.1, 0.15) is 0 Å². The Morgan fingerprint density at radius 2 is 0.927 bits per heavy atom. The Labute approximate surface area is 323 Å². The van der Waals surface area contributed by atoms with E-state index in [0.717, 1.165) is 22.7 Å². The van der Waals surface area contributed by atoms with Crippen LogP contribution in [0.2, 0.25) is 0 Å². The van der Waals surface area contributed by atoms with E-state index >= 15 is 0 Å². The van der Waals surface area contributed by atoms with Gasteiger partial charge in [-0.05, 0) is 106 Å². The first-order valence-electron chi connectivity index (χ1n) is 18.8. The molecule has 0 spiro atoms. The highest BCUT2D eigenvalue weighted by Crippen LogP contribution is 2.44. The molecule has 2 nitrogen and oxygen atoms in total. The molecular weight excluding hydrogens is 685 g/mol. The van der Waals surface area contributed by atoms with Crippen LogP contribution in [0.25, 0.3) is 80.7 Å². The number of aromatic nitrogens is 1. The van der Waals surface area contributed by atoms with E-state index < -0.39 is 0 Å². The van der Waals surface area contributed by atoms with Crippen LogP contribution in [-0.2, 0) is 0 Å². The lowest BCUT2D eigenvalue weighted by Gasteiger charge is -2.28. The van der Waals surface area contributed by atoms with Gasteiger partial charge in [-0.3, -0.25) is 0 Å². The second-order valence-electron chi connectivity index (χ2n) is 14.2. The summed E-state index contributed by atoms with van der Waals surface area (Å²) in [6, 6.07) is 75.3. The number of thiophene rings is 1. The van der Waals surface area contributed by atoms with E-state index in [2.05, 4.69) is 216 Å². The SMILES string of the molecule is c1ccc(N(c2ccc(-c3ccc4ccccc4c3)cc2)c2ccc(-n3c4ccccc4c4ccccc43)cc2)c(-c2ccc3sc4ccccc4c3c2)c1. The molecule has 0 saturated carbocycles. The third-order valence-corrected chi connectivity index (χ3v) is 12.1. The van der Waals surface area contributed by atoms with Gasteiger partial charge in [-0.2, -0.15) is 0 Å². The van der Waals surface area contributed by atoms with Gasteiger partial charge in [0.2, 0.25) is 0 Å². The van der Waals surface area contributed by atoms with E-state index in [4.69, 9.17) is 0 Å². The Kier molecular flexibility index (Phi) is 7.39. The van der Waals surface area contributed by atoms with Crippen molar-refractivity contribution in [2.24, 2.45) is 0 Å². The molecule has 0 fully saturated rings. The summed E-state index contributed by atoms with van der Waals surface area (Å²) >= 11 is 1.86. The van der Waals surface area contributed by atoms with Crippen LogP contribution in [0.5, 0.6) is 0 Å². The van der Waals surface area contributed by atoms with Crippen LogP contribution in [0.1, 0.15) is 0 Å². The second-order valence-corrected chi connectivity index (χ2v) is 15.2. The largest absolute Gasteiger partial charge is 0.310 e. The van der Waals surface area contributed by atoms with E-state index in [9.17, 15) is 0 Å². The normalized spacial score (nSPS) is 11.6. The van der Waals surface area contributed by atoms with Gasteiger partial charge in [0.05, 0.1) is 16.7 Å². The van der Waals surface area contributed by atoms with Crippen LogP contribution in [-0.4, -0.2) is 4.57 Å². The van der Waals surface area contributed by atoms with Crippen LogP contribution in [0, 0.1) is 0 Å². The van der Waals surface area contributed by atoms with Crippen molar-refractivity contribution in [1.29, 1.82) is 0 Å². The molecule has 0 bridgehead atoms. The van der Waals surface area contributed by atoms with Gasteiger partial charge in [0.25, 0.3) is 0 Å². The summed E-state index contributed by atoms with van der Waals surface area (Å²) in [5.74, 6) is 0. The van der Waals surface area contributed by atoms with Crippen molar-refractivity contribution in [3.8, 4) is 27.9 Å². The molecule has 2 aromatic heterocycles. The standard InChI is InChI=1S/C52H34N2S/c1-2-12-37-33-38(22-21-35(37)11-1)36-23-26-40(27-24-36)53(41-28-30-42(31-29-41)54-49-18-8-4-14-44(49)45-15-5-9-19-50(45)54)48-17-7-3-13-43(48)39-25-32-52-47(34-39)46-16-6-10-20-51(46)55-52/h1-34H. The molecular formula is C52H34N2S. The van der Waals surface area contributed by atoms with Crippen molar-refractivity contribution in [3.63, 3.8) is 0 Å². The summed E-state index contributed by atoms with van der Waals surface area (Å²) in [7, 11) is 0. The van der Waals surface area contributed by atoms with E-state index in [-0.39, 0.29) is 0 Å². The average Bonchev–Trinajstić information content (AvgIpc) is 3.80. The van der Waals surface area contributed by atoms with Crippen LogP contribution in [0.15, 0.2) is 206 Å². The first kappa shape index (κ1) is 31.6. The monoisotopic (exact) mass is 718 g/mol. The fraction of sp³-hybridized carbons (Fsp3) is 0. The Bertz CT molecular complexity index is 3150. The van der Waals surface area contributed by atoms with Gasteiger partial charge in [0.15, 0.2) is 0 Å². The lowest BCUT2D eigenvalue weighted by molar-refractivity contribution is 1.17. The Balaban J connectivity index is 1.06. The van der Waals surface area contributed by atoms with Gasteiger partial charge >= 0.3 is 0 Å². The Morgan fingerprint density at radius 3 is 1.69 bits per heavy atom. The first-order chi connectivity index (χ1) is 27.3. The molecule has 55 heavy (non-hydrogen) atoms. The topological polar surface area (TPSA) is 8.17 Å². The number of para-hydroxylation sites is 3. The minimum atomic E-state index is 1.09. The lowest BCUT2D eigenvalue weighted by Crippen LogP contribution is -2.11. The second kappa shape index (κ2) is 12.9. The molecule has 2 heterocycles. The number of anilines is 3. The fourth-order valence-electron chi connectivity index (χ4n) is 8.36. The third kappa shape index (κ3) is 5.32. The summed E-state index contributed by atoms with van der Waals surface area (Å²) in [5, 5.41) is 7.64. The zero-order chi connectivity index (χ0) is 36.3. The number of nitrogens with zero attached hydrogens (tertiary/aromatic N) is 2.